The molecule has 0 saturated carbocycles. The number of hydrogen-bond acceptors (Lipinski definition) is 7. The van der Waals surface area contributed by atoms with Crippen molar-refractivity contribution in [1.82, 2.24) is 29.8 Å². The Morgan fingerprint density at radius 2 is 2.29 bits per heavy atom. The maximum absolute atomic E-state index is 5.98. The lowest BCUT2D eigenvalue weighted by atomic mass is 10.2. The van der Waals surface area contributed by atoms with Gasteiger partial charge in [0.05, 0.1) is 18.6 Å². The lowest BCUT2D eigenvalue weighted by Crippen LogP contribution is -2.38. The van der Waals surface area contributed by atoms with Gasteiger partial charge in [-0.2, -0.15) is 0 Å². The van der Waals surface area contributed by atoms with Gasteiger partial charge in [0.1, 0.15) is 11.6 Å². The molecule has 0 bridgehead atoms. The second-order valence-corrected chi connectivity index (χ2v) is 5.93. The van der Waals surface area contributed by atoms with Gasteiger partial charge < -0.3 is 15.5 Å². The van der Waals surface area contributed by atoms with Crippen molar-refractivity contribution in [2.24, 2.45) is 0 Å². The fourth-order valence-electron chi connectivity index (χ4n) is 2.92. The van der Waals surface area contributed by atoms with E-state index < -0.39 is 0 Å². The minimum atomic E-state index is -0.217. The zero-order valence-electron chi connectivity index (χ0n) is 13.4. The van der Waals surface area contributed by atoms with Gasteiger partial charge in [-0.05, 0) is 18.6 Å². The molecule has 1 saturated heterocycles. The third-order valence-electron chi connectivity index (χ3n) is 4.26. The minimum Gasteiger partial charge on any atom is -0.382 e. The molecule has 1 unspecified atom stereocenters. The van der Waals surface area contributed by atoms with Crippen LogP contribution in [0.4, 0.5) is 5.82 Å². The maximum atomic E-state index is 5.98. The number of aromatic nitrogens is 5. The summed E-state index contributed by atoms with van der Waals surface area (Å²) >= 11 is 0. The van der Waals surface area contributed by atoms with Crippen molar-refractivity contribution >= 4 is 17.0 Å². The average molecular weight is 325 g/mol. The van der Waals surface area contributed by atoms with Gasteiger partial charge in [0.25, 0.3) is 0 Å². The lowest BCUT2D eigenvalue weighted by molar-refractivity contribution is -0.0374. The van der Waals surface area contributed by atoms with Crippen molar-refractivity contribution in [1.29, 1.82) is 0 Å². The first kappa shape index (κ1) is 15.0. The number of morpholine rings is 1. The van der Waals surface area contributed by atoms with E-state index in [0.29, 0.717) is 36.0 Å². The van der Waals surface area contributed by atoms with Crippen LogP contribution in [0, 0.1) is 6.92 Å². The molecule has 0 spiro atoms. The highest BCUT2D eigenvalue weighted by Crippen LogP contribution is 2.23. The minimum absolute atomic E-state index is 0.217. The van der Waals surface area contributed by atoms with Crippen molar-refractivity contribution in [3.05, 3.63) is 41.7 Å². The predicted octanol–water partition coefficient (Wildman–Crippen LogP) is 1.21. The molecule has 1 atom stereocenters. The zero-order chi connectivity index (χ0) is 16.5. The van der Waals surface area contributed by atoms with Crippen molar-refractivity contribution in [3.63, 3.8) is 0 Å². The summed E-state index contributed by atoms with van der Waals surface area (Å²) in [5.74, 6) is 0.975. The smallest absolute Gasteiger partial charge is 0.183 e. The summed E-state index contributed by atoms with van der Waals surface area (Å²) in [7, 11) is 0. The van der Waals surface area contributed by atoms with Crippen LogP contribution in [-0.2, 0) is 11.3 Å². The number of pyridine rings is 1. The molecular weight excluding hydrogens is 306 g/mol. The Hall–Kier alpha value is -2.58. The lowest BCUT2D eigenvalue weighted by Gasteiger charge is -2.32. The molecule has 8 heteroatoms. The van der Waals surface area contributed by atoms with Gasteiger partial charge >= 0.3 is 0 Å². The largest absolute Gasteiger partial charge is 0.382 e. The Bertz CT molecular complexity index is 863. The number of nitrogens with one attached hydrogen (secondary N) is 1. The fourth-order valence-corrected chi connectivity index (χ4v) is 2.92. The Kier molecular flexibility index (Phi) is 3.83. The molecule has 3 N–H and O–H groups in total. The van der Waals surface area contributed by atoms with Crippen molar-refractivity contribution in [2.75, 3.05) is 25.4 Å². The van der Waals surface area contributed by atoms with E-state index >= 15 is 0 Å². The monoisotopic (exact) mass is 325 g/mol. The van der Waals surface area contributed by atoms with Crippen LogP contribution in [0.15, 0.2) is 24.7 Å². The van der Waals surface area contributed by atoms with Crippen LogP contribution in [0.2, 0.25) is 0 Å². The SMILES string of the molecule is Cc1cccnc1CN1CCOC(c2nc(N)c3[nH]cnc3n2)C1. The molecule has 8 nitrogen and oxygen atoms in total. The molecule has 1 aliphatic heterocycles. The van der Waals surface area contributed by atoms with Gasteiger partial charge in [0.15, 0.2) is 17.3 Å². The first-order valence-electron chi connectivity index (χ1n) is 7.91. The normalized spacial score (nSPS) is 19.0. The van der Waals surface area contributed by atoms with Gasteiger partial charge in [0, 0.05) is 25.8 Å². The predicted molar refractivity (Wildman–Crippen MR) is 89.0 cm³/mol. The second-order valence-electron chi connectivity index (χ2n) is 5.93. The summed E-state index contributed by atoms with van der Waals surface area (Å²) in [6.45, 7) is 5.04. The van der Waals surface area contributed by atoms with Gasteiger partial charge in [0.2, 0.25) is 0 Å². The van der Waals surface area contributed by atoms with Crippen molar-refractivity contribution < 1.29 is 4.74 Å². The van der Waals surface area contributed by atoms with E-state index in [4.69, 9.17) is 10.5 Å². The quantitative estimate of drug-likeness (QED) is 0.745. The molecule has 1 fully saturated rings. The van der Waals surface area contributed by atoms with Crippen LogP contribution in [0.5, 0.6) is 0 Å². The molecule has 1 aliphatic rings. The molecule has 3 aromatic heterocycles. The number of anilines is 1. The summed E-state index contributed by atoms with van der Waals surface area (Å²) in [6, 6.07) is 4.03. The van der Waals surface area contributed by atoms with Gasteiger partial charge in [-0.25, -0.2) is 15.0 Å². The topological polar surface area (TPSA) is 106 Å². The fraction of sp³-hybridized carbons (Fsp3) is 0.375. The van der Waals surface area contributed by atoms with E-state index in [-0.39, 0.29) is 6.10 Å². The van der Waals surface area contributed by atoms with Gasteiger partial charge in [-0.1, -0.05) is 6.07 Å². The number of rotatable bonds is 3. The molecule has 0 aromatic carbocycles. The molecule has 0 radical (unpaired) electrons. The second kappa shape index (κ2) is 6.14. The number of fused-ring (bicyclic) bond motifs is 1. The number of nitrogens with two attached hydrogens (primary N) is 1. The molecule has 0 aliphatic carbocycles. The Labute approximate surface area is 139 Å². The summed E-state index contributed by atoms with van der Waals surface area (Å²) in [4.78, 5) is 22.7. The van der Waals surface area contributed by atoms with Gasteiger partial charge in [-0.3, -0.25) is 9.88 Å². The number of aromatic amines is 1. The zero-order valence-corrected chi connectivity index (χ0v) is 13.4. The molecular formula is C16H19N7O. The summed E-state index contributed by atoms with van der Waals surface area (Å²) in [5, 5.41) is 0. The van der Waals surface area contributed by atoms with Crippen molar-refractivity contribution in [2.45, 2.75) is 19.6 Å². The molecule has 4 heterocycles. The first-order valence-corrected chi connectivity index (χ1v) is 7.91. The molecule has 124 valence electrons. The number of hydrogen-bond donors (Lipinski definition) is 2. The van der Waals surface area contributed by atoms with Crippen LogP contribution < -0.4 is 5.73 Å². The van der Waals surface area contributed by atoms with Crippen LogP contribution in [0.1, 0.15) is 23.2 Å². The molecule has 0 amide bonds. The standard InChI is InChI=1S/C16H19N7O/c1-10-3-2-4-18-11(10)7-23-5-6-24-12(8-23)15-21-14(17)13-16(22-15)20-9-19-13/h2-4,9,12H,5-8H2,1H3,(H3,17,19,20,21,22). The Balaban J connectivity index is 1.54. The van der Waals surface area contributed by atoms with E-state index in [9.17, 15) is 0 Å². The summed E-state index contributed by atoms with van der Waals surface area (Å²) in [5.41, 5.74) is 9.49. The highest BCUT2D eigenvalue weighted by Gasteiger charge is 2.26. The third-order valence-corrected chi connectivity index (χ3v) is 4.26. The van der Waals surface area contributed by atoms with E-state index in [0.717, 1.165) is 18.8 Å². The third kappa shape index (κ3) is 2.81. The van der Waals surface area contributed by atoms with E-state index in [2.05, 4.69) is 42.8 Å². The summed E-state index contributed by atoms with van der Waals surface area (Å²) in [6.07, 6.45) is 3.18. The number of imidazole rings is 1. The van der Waals surface area contributed by atoms with Crippen LogP contribution in [0.3, 0.4) is 0 Å². The number of aryl methyl sites for hydroxylation is 1. The average Bonchev–Trinajstić information content (AvgIpc) is 3.06. The van der Waals surface area contributed by atoms with E-state index in [1.807, 2.05) is 12.3 Å². The number of nitrogen functional groups attached to an aromatic ring is 1. The number of H-pyrrole nitrogens is 1. The van der Waals surface area contributed by atoms with Gasteiger partial charge in [-0.15, -0.1) is 0 Å². The van der Waals surface area contributed by atoms with E-state index in [1.54, 1.807) is 6.33 Å². The van der Waals surface area contributed by atoms with Crippen LogP contribution >= 0.6 is 0 Å². The van der Waals surface area contributed by atoms with E-state index in [1.165, 1.54) is 5.56 Å². The van der Waals surface area contributed by atoms with Crippen molar-refractivity contribution in [3.8, 4) is 0 Å². The molecule has 4 rings (SSSR count). The number of nitrogens with zero attached hydrogens (tertiary/aromatic N) is 5. The highest BCUT2D eigenvalue weighted by molar-refractivity contribution is 5.80. The van der Waals surface area contributed by atoms with Crippen LogP contribution in [-0.4, -0.2) is 49.5 Å². The maximum Gasteiger partial charge on any atom is 0.183 e. The number of ether oxygens (including phenoxy) is 1. The molecule has 3 aromatic rings. The first-order chi connectivity index (χ1) is 11.7. The highest BCUT2D eigenvalue weighted by atomic mass is 16.5. The summed E-state index contributed by atoms with van der Waals surface area (Å²) < 4.78 is 5.86. The Morgan fingerprint density at radius 3 is 3.17 bits per heavy atom. The molecule has 24 heavy (non-hydrogen) atoms. The Morgan fingerprint density at radius 1 is 1.38 bits per heavy atom. The van der Waals surface area contributed by atoms with Crippen LogP contribution in [0.25, 0.3) is 11.2 Å².